The Kier molecular flexibility index (Phi) is 2.49. The fourth-order valence-corrected chi connectivity index (χ4v) is 1.97. The van der Waals surface area contributed by atoms with E-state index in [1.165, 1.54) is 6.20 Å². The van der Waals surface area contributed by atoms with Gasteiger partial charge in [-0.2, -0.15) is 5.10 Å². The number of fused-ring (bicyclic) bond motifs is 1. The highest BCUT2D eigenvalue weighted by Gasteiger charge is 2.18. The molecule has 0 unspecified atom stereocenters. The lowest BCUT2D eigenvalue weighted by Crippen LogP contribution is -1.95. The fourth-order valence-electron chi connectivity index (χ4n) is 1.97. The Labute approximate surface area is 107 Å². The highest BCUT2D eigenvalue weighted by Crippen LogP contribution is 2.33. The molecular formula is C13H10N2O4. The number of carboxylic acid groups (broad SMARTS) is 1. The zero-order valence-corrected chi connectivity index (χ0v) is 10.0. The Morgan fingerprint density at radius 1 is 1.47 bits per heavy atom. The molecule has 0 atom stereocenters. The van der Waals surface area contributed by atoms with Crippen molar-refractivity contribution in [1.82, 2.24) is 10.2 Å². The van der Waals surface area contributed by atoms with Gasteiger partial charge < -0.3 is 14.3 Å². The minimum Gasteiger partial charge on any atom is -0.496 e. The van der Waals surface area contributed by atoms with E-state index in [-0.39, 0.29) is 5.56 Å². The molecule has 2 heterocycles. The summed E-state index contributed by atoms with van der Waals surface area (Å²) in [5.41, 5.74) is 1.03. The van der Waals surface area contributed by atoms with Crippen LogP contribution in [0.4, 0.5) is 0 Å². The molecule has 0 saturated heterocycles. The van der Waals surface area contributed by atoms with Gasteiger partial charge in [0.15, 0.2) is 5.76 Å². The first-order valence-electron chi connectivity index (χ1n) is 5.54. The van der Waals surface area contributed by atoms with Crippen molar-refractivity contribution in [2.45, 2.75) is 0 Å². The molecule has 0 radical (unpaired) electrons. The average molecular weight is 258 g/mol. The number of aromatic amines is 1. The summed E-state index contributed by atoms with van der Waals surface area (Å²) >= 11 is 0. The van der Waals surface area contributed by atoms with Crippen LogP contribution in [0.15, 0.2) is 34.9 Å². The second-order valence-corrected chi connectivity index (χ2v) is 3.95. The maximum atomic E-state index is 11.1. The van der Waals surface area contributed by atoms with E-state index in [0.29, 0.717) is 22.8 Å². The molecule has 0 fully saturated rings. The lowest BCUT2D eigenvalue weighted by Gasteiger charge is -1.98. The second kappa shape index (κ2) is 4.16. The number of nitrogens with zero attached hydrogens (tertiary/aromatic N) is 1. The SMILES string of the molecule is COc1cccc2oc(-c3[nH]ncc3C(=O)O)cc12. The topological polar surface area (TPSA) is 88.4 Å². The number of hydrogen-bond acceptors (Lipinski definition) is 4. The maximum absolute atomic E-state index is 11.1. The number of nitrogens with one attached hydrogen (secondary N) is 1. The summed E-state index contributed by atoms with van der Waals surface area (Å²) in [6.07, 6.45) is 1.25. The highest BCUT2D eigenvalue weighted by atomic mass is 16.5. The lowest BCUT2D eigenvalue weighted by molar-refractivity contribution is 0.0697. The largest absolute Gasteiger partial charge is 0.496 e. The van der Waals surface area contributed by atoms with Crippen LogP contribution in [0.5, 0.6) is 5.75 Å². The first kappa shape index (κ1) is 11.3. The van der Waals surface area contributed by atoms with E-state index in [1.807, 2.05) is 6.07 Å². The van der Waals surface area contributed by atoms with Crippen LogP contribution in [0.25, 0.3) is 22.4 Å². The van der Waals surface area contributed by atoms with Crippen LogP contribution in [0.2, 0.25) is 0 Å². The summed E-state index contributed by atoms with van der Waals surface area (Å²) in [5, 5.41) is 16.2. The molecule has 0 amide bonds. The normalized spacial score (nSPS) is 10.8. The summed E-state index contributed by atoms with van der Waals surface area (Å²) in [5.74, 6) is 0.0226. The molecule has 2 aromatic heterocycles. The van der Waals surface area contributed by atoms with Crippen LogP contribution in [-0.2, 0) is 0 Å². The van der Waals surface area contributed by atoms with Gasteiger partial charge in [-0.3, -0.25) is 5.10 Å². The second-order valence-electron chi connectivity index (χ2n) is 3.95. The number of ether oxygens (including phenoxy) is 1. The van der Waals surface area contributed by atoms with E-state index >= 15 is 0 Å². The van der Waals surface area contributed by atoms with Gasteiger partial charge in [-0.15, -0.1) is 0 Å². The number of methoxy groups -OCH3 is 1. The van der Waals surface area contributed by atoms with Gasteiger partial charge >= 0.3 is 5.97 Å². The number of rotatable bonds is 3. The van der Waals surface area contributed by atoms with Crippen LogP contribution in [0, 0.1) is 0 Å². The van der Waals surface area contributed by atoms with E-state index in [2.05, 4.69) is 10.2 Å². The summed E-state index contributed by atoms with van der Waals surface area (Å²) in [7, 11) is 1.57. The Balaban J connectivity index is 2.21. The molecule has 19 heavy (non-hydrogen) atoms. The number of carboxylic acids is 1. The van der Waals surface area contributed by atoms with Crippen molar-refractivity contribution in [3.8, 4) is 17.2 Å². The van der Waals surface area contributed by atoms with Gasteiger partial charge in [-0.25, -0.2) is 4.79 Å². The summed E-state index contributed by atoms with van der Waals surface area (Å²) in [4.78, 5) is 11.1. The van der Waals surface area contributed by atoms with Crippen LogP contribution >= 0.6 is 0 Å². The molecule has 0 spiro atoms. The Morgan fingerprint density at radius 3 is 3.05 bits per heavy atom. The molecule has 96 valence electrons. The van der Waals surface area contributed by atoms with Gasteiger partial charge in [0, 0.05) is 0 Å². The van der Waals surface area contributed by atoms with Crippen LogP contribution in [0.1, 0.15) is 10.4 Å². The number of furan rings is 1. The van der Waals surface area contributed by atoms with E-state index in [1.54, 1.807) is 25.3 Å². The molecule has 0 bridgehead atoms. The van der Waals surface area contributed by atoms with Gasteiger partial charge in [0.1, 0.15) is 22.6 Å². The molecule has 0 aliphatic rings. The van der Waals surface area contributed by atoms with Gasteiger partial charge in [0.25, 0.3) is 0 Å². The monoisotopic (exact) mass is 258 g/mol. The Morgan fingerprint density at radius 2 is 2.32 bits per heavy atom. The molecule has 6 heteroatoms. The molecule has 0 aliphatic carbocycles. The lowest BCUT2D eigenvalue weighted by atomic mass is 10.2. The number of benzene rings is 1. The molecule has 3 rings (SSSR count). The molecule has 0 aliphatic heterocycles. The molecule has 6 nitrogen and oxygen atoms in total. The van der Waals surface area contributed by atoms with E-state index in [4.69, 9.17) is 14.3 Å². The minimum atomic E-state index is -1.06. The van der Waals surface area contributed by atoms with Crippen molar-refractivity contribution in [1.29, 1.82) is 0 Å². The van der Waals surface area contributed by atoms with Crippen molar-refractivity contribution < 1.29 is 19.1 Å². The van der Waals surface area contributed by atoms with Crippen molar-refractivity contribution in [3.05, 3.63) is 36.0 Å². The zero-order valence-electron chi connectivity index (χ0n) is 10.0. The molecule has 3 aromatic rings. The first-order chi connectivity index (χ1) is 9.20. The predicted octanol–water partition coefficient (Wildman–Crippen LogP) is 2.53. The number of aromatic nitrogens is 2. The molecular weight excluding hydrogens is 248 g/mol. The van der Waals surface area contributed by atoms with E-state index in [0.717, 1.165) is 5.39 Å². The van der Waals surface area contributed by atoms with Crippen molar-refractivity contribution >= 4 is 16.9 Å². The molecule has 2 N–H and O–H groups in total. The Bertz CT molecular complexity index is 757. The highest BCUT2D eigenvalue weighted by molar-refractivity contribution is 5.96. The Hall–Kier alpha value is -2.76. The third-order valence-corrected chi connectivity index (χ3v) is 2.86. The van der Waals surface area contributed by atoms with Crippen LogP contribution in [-0.4, -0.2) is 28.4 Å². The third-order valence-electron chi connectivity index (χ3n) is 2.86. The first-order valence-corrected chi connectivity index (χ1v) is 5.54. The molecule has 1 aromatic carbocycles. The summed E-state index contributed by atoms with van der Waals surface area (Å²) in [6, 6.07) is 7.14. The van der Waals surface area contributed by atoms with Crippen molar-refractivity contribution in [3.63, 3.8) is 0 Å². The summed E-state index contributed by atoms with van der Waals surface area (Å²) < 4.78 is 10.9. The standard InChI is InChI=1S/C13H10N2O4/c1-18-9-3-2-4-10-7(9)5-11(19-10)12-8(13(16)17)6-14-15-12/h2-6H,1H3,(H,14,15)(H,16,17). The number of hydrogen-bond donors (Lipinski definition) is 2. The zero-order chi connectivity index (χ0) is 13.4. The van der Waals surface area contributed by atoms with Gasteiger partial charge in [-0.05, 0) is 18.2 Å². The van der Waals surface area contributed by atoms with Crippen molar-refractivity contribution in [2.75, 3.05) is 7.11 Å². The van der Waals surface area contributed by atoms with E-state index < -0.39 is 5.97 Å². The third kappa shape index (κ3) is 1.74. The summed E-state index contributed by atoms with van der Waals surface area (Å²) in [6.45, 7) is 0. The van der Waals surface area contributed by atoms with Crippen molar-refractivity contribution in [2.24, 2.45) is 0 Å². The van der Waals surface area contributed by atoms with Crippen LogP contribution in [0.3, 0.4) is 0 Å². The van der Waals surface area contributed by atoms with Crippen LogP contribution < -0.4 is 4.74 Å². The number of aromatic carboxylic acids is 1. The number of carbonyl (C=O) groups is 1. The molecule has 0 saturated carbocycles. The van der Waals surface area contributed by atoms with Gasteiger partial charge in [-0.1, -0.05) is 6.07 Å². The smallest absolute Gasteiger partial charge is 0.339 e. The van der Waals surface area contributed by atoms with E-state index in [9.17, 15) is 4.79 Å². The maximum Gasteiger partial charge on any atom is 0.339 e. The van der Waals surface area contributed by atoms with Gasteiger partial charge in [0.05, 0.1) is 18.7 Å². The minimum absolute atomic E-state index is 0.0676. The van der Waals surface area contributed by atoms with Gasteiger partial charge in [0.2, 0.25) is 0 Å². The quantitative estimate of drug-likeness (QED) is 0.753. The predicted molar refractivity (Wildman–Crippen MR) is 67.3 cm³/mol. The average Bonchev–Trinajstić information content (AvgIpc) is 3.03. The fraction of sp³-hybridized carbons (Fsp3) is 0.0769. The number of H-pyrrole nitrogens is 1.